The molecule has 1 saturated heterocycles. The summed E-state index contributed by atoms with van der Waals surface area (Å²) in [5, 5.41) is -0.150. The van der Waals surface area contributed by atoms with Gasteiger partial charge in [-0.3, -0.25) is 9.59 Å². The number of piperazine rings is 1. The van der Waals surface area contributed by atoms with Gasteiger partial charge in [-0.15, -0.1) is 0 Å². The minimum absolute atomic E-state index is 0.101. The van der Waals surface area contributed by atoms with Crippen molar-refractivity contribution in [2.75, 3.05) is 33.0 Å². The van der Waals surface area contributed by atoms with Crippen LogP contribution in [0.2, 0.25) is 5.02 Å². The van der Waals surface area contributed by atoms with Crippen molar-refractivity contribution in [2.45, 2.75) is 0 Å². The molecule has 9 heteroatoms. The van der Waals surface area contributed by atoms with E-state index in [9.17, 15) is 18.4 Å². The van der Waals surface area contributed by atoms with Crippen molar-refractivity contribution in [3.8, 4) is 11.5 Å². The first kappa shape index (κ1) is 18.5. The maximum absolute atomic E-state index is 13.5. The Bertz CT molecular complexity index is 961. The molecule has 0 spiro atoms. The molecule has 2 aromatic rings. The van der Waals surface area contributed by atoms with Crippen LogP contribution in [-0.4, -0.2) is 54.6 Å². The lowest BCUT2D eigenvalue weighted by molar-refractivity contribution is 0.0535. The van der Waals surface area contributed by atoms with Crippen molar-refractivity contribution in [3.63, 3.8) is 0 Å². The zero-order chi connectivity index (χ0) is 19.8. The van der Waals surface area contributed by atoms with E-state index in [1.54, 1.807) is 23.1 Å². The quantitative estimate of drug-likeness (QED) is 0.717. The summed E-state index contributed by atoms with van der Waals surface area (Å²) in [5.41, 5.74) is 0.365. The standard InChI is InChI=1S/C19H15ClF2N2O4/c20-13-9-15(22)14(21)8-12(13)19(26)24-5-3-23(4-6-24)18(25)11-1-2-16-17(7-11)28-10-27-16/h1-2,7-9H,3-6,10H2. The molecule has 146 valence electrons. The van der Waals surface area contributed by atoms with Crippen LogP contribution in [0.3, 0.4) is 0 Å². The summed E-state index contributed by atoms with van der Waals surface area (Å²) in [6.07, 6.45) is 0. The Labute approximate surface area is 164 Å². The molecule has 0 atom stereocenters. The van der Waals surface area contributed by atoms with E-state index in [1.807, 2.05) is 0 Å². The zero-order valence-electron chi connectivity index (χ0n) is 14.6. The van der Waals surface area contributed by atoms with Gasteiger partial charge in [0.2, 0.25) is 6.79 Å². The first-order valence-electron chi connectivity index (χ1n) is 8.57. The van der Waals surface area contributed by atoms with E-state index < -0.39 is 17.5 Å². The normalized spacial score (nSPS) is 15.7. The molecule has 2 heterocycles. The summed E-state index contributed by atoms with van der Waals surface area (Å²) in [6, 6.07) is 6.55. The highest BCUT2D eigenvalue weighted by atomic mass is 35.5. The largest absolute Gasteiger partial charge is 0.454 e. The second-order valence-electron chi connectivity index (χ2n) is 6.40. The van der Waals surface area contributed by atoms with Gasteiger partial charge in [0.05, 0.1) is 10.6 Å². The maximum Gasteiger partial charge on any atom is 0.255 e. The molecule has 0 radical (unpaired) electrons. The van der Waals surface area contributed by atoms with Crippen LogP contribution in [0.5, 0.6) is 11.5 Å². The van der Waals surface area contributed by atoms with Gasteiger partial charge in [-0.1, -0.05) is 11.6 Å². The Balaban J connectivity index is 1.42. The van der Waals surface area contributed by atoms with Crippen molar-refractivity contribution >= 4 is 23.4 Å². The molecule has 1 fully saturated rings. The molecule has 0 unspecified atom stereocenters. The zero-order valence-corrected chi connectivity index (χ0v) is 15.3. The van der Waals surface area contributed by atoms with E-state index in [0.717, 1.165) is 12.1 Å². The molecule has 2 amide bonds. The highest BCUT2D eigenvalue weighted by Crippen LogP contribution is 2.33. The van der Waals surface area contributed by atoms with E-state index in [-0.39, 0.29) is 36.4 Å². The molecule has 0 saturated carbocycles. The number of rotatable bonds is 2. The van der Waals surface area contributed by atoms with Crippen LogP contribution in [0, 0.1) is 11.6 Å². The van der Waals surface area contributed by atoms with Gasteiger partial charge in [0.25, 0.3) is 11.8 Å². The minimum atomic E-state index is -1.13. The third-order valence-corrected chi connectivity index (χ3v) is 5.03. The van der Waals surface area contributed by atoms with Crippen LogP contribution in [-0.2, 0) is 0 Å². The van der Waals surface area contributed by atoms with Crippen molar-refractivity contribution in [3.05, 3.63) is 58.1 Å². The monoisotopic (exact) mass is 408 g/mol. The first-order valence-corrected chi connectivity index (χ1v) is 8.94. The molecule has 6 nitrogen and oxygen atoms in total. The lowest BCUT2D eigenvalue weighted by Crippen LogP contribution is -2.50. The highest BCUT2D eigenvalue weighted by Gasteiger charge is 2.28. The van der Waals surface area contributed by atoms with Gasteiger partial charge >= 0.3 is 0 Å². The summed E-state index contributed by atoms with van der Waals surface area (Å²) in [7, 11) is 0. The van der Waals surface area contributed by atoms with Crippen molar-refractivity contribution < 1.29 is 27.8 Å². The maximum atomic E-state index is 13.5. The molecule has 0 N–H and O–H groups in total. The van der Waals surface area contributed by atoms with Gasteiger partial charge in [0, 0.05) is 31.7 Å². The predicted molar refractivity (Wildman–Crippen MR) is 95.7 cm³/mol. The summed E-state index contributed by atoms with van der Waals surface area (Å²) in [4.78, 5) is 28.4. The molecule has 0 aromatic heterocycles. The average molecular weight is 409 g/mol. The summed E-state index contributed by atoms with van der Waals surface area (Å²) in [6.45, 7) is 1.25. The van der Waals surface area contributed by atoms with Gasteiger partial charge in [-0.2, -0.15) is 0 Å². The number of carbonyl (C=O) groups is 2. The van der Waals surface area contributed by atoms with Crippen LogP contribution < -0.4 is 9.47 Å². The molecule has 4 rings (SSSR count). The fraction of sp³-hybridized carbons (Fsp3) is 0.263. The fourth-order valence-corrected chi connectivity index (χ4v) is 3.41. The number of halogens is 3. The number of amides is 2. The highest BCUT2D eigenvalue weighted by molar-refractivity contribution is 6.33. The Morgan fingerprint density at radius 2 is 1.46 bits per heavy atom. The van der Waals surface area contributed by atoms with Crippen LogP contribution in [0.4, 0.5) is 8.78 Å². The second-order valence-corrected chi connectivity index (χ2v) is 6.81. The lowest BCUT2D eigenvalue weighted by Gasteiger charge is -2.35. The number of fused-ring (bicyclic) bond motifs is 1. The number of hydrogen-bond donors (Lipinski definition) is 0. The van der Waals surface area contributed by atoms with Crippen LogP contribution >= 0.6 is 11.6 Å². The van der Waals surface area contributed by atoms with E-state index in [4.69, 9.17) is 21.1 Å². The summed E-state index contributed by atoms with van der Waals surface area (Å²) >= 11 is 5.88. The topological polar surface area (TPSA) is 59.1 Å². The molecule has 2 aromatic carbocycles. The second kappa shape index (κ2) is 7.27. The number of benzene rings is 2. The molecular formula is C19H15ClF2N2O4. The van der Waals surface area contributed by atoms with Gasteiger partial charge < -0.3 is 19.3 Å². The number of nitrogens with zero attached hydrogens (tertiary/aromatic N) is 2. The Hall–Kier alpha value is -2.87. The molecule has 2 aliphatic rings. The molecule has 2 aliphatic heterocycles. The Morgan fingerprint density at radius 1 is 0.857 bits per heavy atom. The number of hydrogen-bond acceptors (Lipinski definition) is 4. The van der Waals surface area contributed by atoms with Crippen molar-refractivity contribution in [2.24, 2.45) is 0 Å². The van der Waals surface area contributed by atoms with Crippen molar-refractivity contribution in [1.82, 2.24) is 9.80 Å². The van der Waals surface area contributed by atoms with Crippen LogP contribution in [0.25, 0.3) is 0 Å². The van der Waals surface area contributed by atoms with E-state index in [1.165, 1.54) is 4.90 Å². The van der Waals surface area contributed by atoms with Gasteiger partial charge in [-0.25, -0.2) is 8.78 Å². The SMILES string of the molecule is O=C(c1ccc2c(c1)OCO2)N1CCN(C(=O)c2cc(F)c(F)cc2Cl)CC1. The average Bonchev–Trinajstić information content (AvgIpc) is 3.17. The molecule has 0 bridgehead atoms. The fourth-order valence-electron chi connectivity index (χ4n) is 3.18. The van der Waals surface area contributed by atoms with E-state index in [0.29, 0.717) is 30.2 Å². The van der Waals surface area contributed by atoms with Gasteiger partial charge in [-0.05, 0) is 30.3 Å². The number of ether oxygens (including phenoxy) is 2. The molecule has 28 heavy (non-hydrogen) atoms. The Kier molecular flexibility index (Phi) is 4.80. The van der Waals surface area contributed by atoms with E-state index >= 15 is 0 Å². The van der Waals surface area contributed by atoms with Gasteiger partial charge in [0.15, 0.2) is 23.1 Å². The third kappa shape index (κ3) is 3.35. The molecule has 0 aliphatic carbocycles. The van der Waals surface area contributed by atoms with Gasteiger partial charge in [0.1, 0.15) is 0 Å². The van der Waals surface area contributed by atoms with E-state index in [2.05, 4.69) is 0 Å². The van der Waals surface area contributed by atoms with Crippen LogP contribution in [0.15, 0.2) is 30.3 Å². The molecular weight excluding hydrogens is 394 g/mol. The first-order chi connectivity index (χ1) is 13.4. The minimum Gasteiger partial charge on any atom is -0.454 e. The lowest BCUT2D eigenvalue weighted by atomic mass is 10.1. The summed E-state index contributed by atoms with van der Waals surface area (Å²) in [5.74, 6) is -1.82. The Morgan fingerprint density at radius 3 is 2.18 bits per heavy atom. The third-order valence-electron chi connectivity index (χ3n) is 4.71. The predicted octanol–water partition coefficient (Wildman–Crippen LogP) is 2.95. The van der Waals surface area contributed by atoms with Crippen LogP contribution in [0.1, 0.15) is 20.7 Å². The smallest absolute Gasteiger partial charge is 0.255 e. The van der Waals surface area contributed by atoms with Crippen molar-refractivity contribution in [1.29, 1.82) is 0 Å². The number of carbonyl (C=O) groups excluding carboxylic acids is 2. The summed E-state index contributed by atoms with van der Waals surface area (Å²) < 4.78 is 37.2.